The molecule has 5 nitrogen and oxygen atoms in total. The number of likely N-dealkylation sites (tertiary alicyclic amines) is 1. The summed E-state index contributed by atoms with van der Waals surface area (Å²) in [6, 6.07) is 7.59. The van der Waals surface area contributed by atoms with Crippen molar-refractivity contribution in [1.29, 1.82) is 0 Å². The van der Waals surface area contributed by atoms with Crippen molar-refractivity contribution in [2.75, 3.05) is 20.2 Å². The Morgan fingerprint density at radius 3 is 2.81 bits per heavy atom. The fourth-order valence-electron chi connectivity index (χ4n) is 2.52. The highest BCUT2D eigenvalue weighted by molar-refractivity contribution is 5.82. The Morgan fingerprint density at radius 2 is 2.14 bits per heavy atom. The largest absolute Gasteiger partial charge is 0.481 e. The molecule has 2 atom stereocenters. The van der Waals surface area contributed by atoms with Gasteiger partial charge in [-0.3, -0.25) is 9.59 Å². The minimum Gasteiger partial charge on any atom is -0.481 e. The highest BCUT2D eigenvalue weighted by Crippen LogP contribution is 2.20. The number of carbonyl (C=O) groups excluding carboxylic acids is 2. The van der Waals surface area contributed by atoms with Crippen LogP contribution in [0.4, 0.5) is 0 Å². The first kappa shape index (κ1) is 15.4. The van der Waals surface area contributed by atoms with Crippen LogP contribution in [-0.4, -0.2) is 43.1 Å². The van der Waals surface area contributed by atoms with Gasteiger partial charge in [0, 0.05) is 13.1 Å². The summed E-state index contributed by atoms with van der Waals surface area (Å²) < 4.78 is 10.4. The molecular weight excluding hydrogens is 270 g/mol. The molecule has 0 N–H and O–H groups in total. The fraction of sp³-hybridized carbons (Fsp3) is 0.500. The Kier molecular flexibility index (Phi) is 4.83. The van der Waals surface area contributed by atoms with Gasteiger partial charge in [0.15, 0.2) is 6.10 Å². The van der Waals surface area contributed by atoms with Gasteiger partial charge in [0.05, 0.1) is 13.0 Å². The van der Waals surface area contributed by atoms with Crippen molar-refractivity contribution in [1.82, 2.24) is 4.90 Å². The molecule has 114 valence electrons. The van der Waals surface area contributed by atoms with Crippen LogP contribution in [0.15, 0.2) is 24.3 Å². The molecule has 0 radical (unpaired) electrons. The molecule has 1 amide bonds. The molecule has 0 aromatic heterocycles. The lowest BCUT2D eigenvalue weighted by Gasteiger charge is -2.21. The molecule has 1 saturated heterocycles. The molecule has 5 heteroatoms. The second-order valence-corrected chi connectivity index (χ2v) is 5.37. The maximum Gasteiger partial charge on any atom is 0.310 e. The molecule has 0 spiro atoms. The summed E-state index contributed by atoms with van der Waals surface area (Å²) in [5.74, 6) is 0.116. The molecule has 21 heavy (non-hydrogen) atoms. The number of esters is 1. The Labute approximate surface area is 124 Å². The zero-order valence-electron chi connectivity index (χ0n) is 12.7. The predicted octanol–water partition coefficient (Wildman–Crippen LogP) is 1.78. The van der Waals surface area contributed by atoms with Gasteiger partial charge in [0.1, 0.15) is 5.75 Å². The molecule has 1 aromatic rings. The quantitative estimate of drug-likeness (QED) is 0.794. The lowest BCUT2D eigenvalue weighted by atomic mass is 10.1. The average molecular weight is 291 g/mol. The standard InChI is InChI=1S/C16H21NO4/c1-11-5-4-6-14(9-11)21-12(2)15(18)17-8-7-13(10-17)16(19)20-3/h4-6,9,12-13H,7-8,10H2,1-3H3. The van der Waals surface area contributed by atoms with Crippen molar-refractivity contribution in [3.8, 4) is 5.75 Å². The first-order valence-corrected chi connectivity index (χ1v) is 7.11. The van der Waals surface area contributed by atoms with Crippen LogP contribution in [0.25, 0.3) is 0 Å². The highest BCUT2D eigenvalue weighted by atomic mass is 16.5. The van der Waals surface area contributed by atoms with Crippen LogP contribution in [0.5, 0.6) is 5.75 Å². The van der Waals surface area contributed by atoms with Gasteiger partial charge in [0.25, 0.3) is 5.91 Å². The number of carbonyl (C=O) groups is 2. The first-order valence-electron chi connectivity index (χ1n) is 7.11. The zero-order chi connectivity index (χ0) is 15.4. The molecule has 2 rings (SSSR count). The van der Waals surface area contributed by atoms with E-state index in [0.717, 1.165) is 5.56 Å². The Balaban J connectivity index is 1.93. The maximum atomic E-state index is 12.3. The smallest absolute Gasteiger partial charge is 0.310 e. The minimum absolute atomic E-state index is 0.0945. The van der Waals surface area contributed by atoms with Gasteiger partial charge in [-0.05, 0) is 38.0 Å². The van der Waals surface area contributed by atoms with Crippen molar-refractivity contribution in [2.45, 2.75) is 26.4 Å². The van der Waals surface area contributed by atoms with E-state index in [4.69, 9.17) is 9.47 Å². The van der Waals surface area contributed by atoms with Crippen molar-refractivity contribution in [2.24, 2.45) is 5.92 Å². The van der Waals surface area contributed by atoms with Gasteiger partial charge >= 0.3 is 5.97 Å². The van der Waals surface area contributed by atoms with Gasteiger partial charge in [-0.1, -0.05) is 12.1 Å². The van der Waals surface area contributed by atoms with Crippen LogP contribution >= 0.6 is 0 Å². The van der Waals surface area contributed by atoms with Crippen molar-refractivity contribution in [3.63, 3.8) is 0 Å². The zero-order valence-corrected chi connectivity index (χ0v) is 12.7. The highest BCUT2D eigenvalue weighted by Gasteiger charge is 2.34. The summed E-state index contributed by atoms with van der Waals surface area (Å²) in [5, 5.41) is 0. The number of aryl methyl sites for hydroxylation is 1. The third kappa shape index (κ3) is 3.74. The van der Waals surface area contributed by atoms with Crippen LogP contribution in [0, 0.1) is 12.8 Å². The number of hydrogen-bond donors (Lipinski definition) is 0. The summed E-state index contributed by atoms with van der Waals surface area (Å²) in [4.78, 5) is 25.5. The lowest BCUT2D eigenvalue weighted by molar-refractivity contribution is -0.145. The second-order valence-electron chi connectivity index (χ2n) is 5.37. The maximum absolute atomic E-state index is 12.3. The van der Waals surface area contributed by atoms with E-state index in [-0.39, 0.29) is 17.8 Å². The van der Waals surface area contributed by atoms with Gasteiger partial charge < -0.3 is 14.4 Å². The Bertz CT molecular complexity index is 529. The molecule has 1 heterocycles. The molecule has 1 aromatic carbocycles. The average Bonchev–Trinajstić information content (AvgIpc) is 2.95. The molecule has 1 fully saturated rings. The van der Waals surface area contributed by atoms with E-state index in [1.165, 1.54) is 7.11 Å². The van der Waals surface area contributed by atoms with Crippen LogP contribution in [0.2, 0.25) is 0 Å². The van der Waals surface area contributed by atoms with Gasteiger partial charge in [-0.25, -0.2) is 0 Å². The number of hydrogen-bond acceptors (Lipinski definition) is 4. The summed E-state index contributed by atoms with van der Waals surface area (Å²) in [6.07, 6.45) is 0.0819. The van der Waals surface area contributed by atoms with E-state index in [0.29, 0.717) is 25.3 Å². The van der Waals surface area contributed by atoms with E-state index in [9.17, 15) is 9.59 Å². The molecule has 1 aliphatic heterocycles. The normalized spacial score (nSPS) is 19.2. The summed E-state index contributed by atoms with van der Waals surface area (Å²) in [7, 11) is 1.37. The van der Waals surface area contributed by atoms with E-state index in [1.54, 1.807) is 11.8 Å². The summed E-state index contributed by atoms with van der Waals surface area (Å²) in [5.41, 5.74) is 1.08. The third-order valence-electron chi connectivity index (χ3n) is 3.68. The molecule has 0 bridgehead atoms. The molecule has 1 aliphatic rings. The van der Waals surface area contributed by atoms with E-state index >= 15 is 0 Å². The molecular formula is C16H21NO4. The summed E-state index contributed by atoms with van der Waals surface area (Å²) >= 11 is 0. The summed E-state index contributed by atoms with van der Waals surface area (Å²) in [6.45, 7) is 4.68. The van der Waals surface area contributed by atoms with E-state index in [1.807, 2.05) is 31.2 Å². The topological polar surface area (TPSA) is 55.8 Å². The third-order valence-corrected chi connectivity index (χ3v) is 3.68. The van der Waals surface area contributed by atoms with Crippen LogP contribution in [0.3, 0.4) is 0 Å². The first-order chi connectivity index (χ1) is 10.0. The predicted molar refractivity (Wildman–Crippen MR) is 78.0 cm³/mol. The van der Waals surface area contributed by atoms with E-state index in [2.05, 4.69) is 0 Å². The number of rotatable bonds is 4. The Hall–Kier alpha value is -2.04. The minimum atomic E-state index is -0.566. The van der Waals surface area contributed by atoms with Crippen molar-refractivity contribution >= 4 is 11.9 Å². The van der Waals surface area contributed by atoms with Crippen LogP contribution < -0.4 is 4.74 Å². The SMILES string of the molecule is COC(=O)C1CCN(C(=O)C(C)Oc2cccc(C)c2)C1. The monoisotopic (exact) mass is 291 g/mol. The van der Waals surface area contributed by atoms with Crippen molar-refractivity contribution in [3.05, 3.63) is 29.8 Å². The number of ether oxygens (including phenoxy) is 2. The number of amides is 1. The second kappa shape index (κ2) is 6.61. The number of benzene rings is 1. The molecule has 0 saturated carbocycles. The molecule has 2 unspecified atom stereocenters. The fourth-order valence-corrected chi connectivity index (χ4v) is 2.52. The van der Waals surface area contributed by atoms with Crippen LogP contribution in [-0.2, 0) is 14.3 Å². The van der Waals surface area contributed by atoms with E-state index < -0.39 is 6.10 Å². The van der Waals surface area contributed by atoms with Gasteiger partial charge in [-0.2, -0.15) is 0 Å². The van der Waals surface area contributed by atoms with Gasteiger partial charge in [0.2, 0.25) is 0 Å². The number of nitrogens with zero attached hydrogens (tertiary/aromatic N) is 1. The molecule has 0 aliphatic carbocycles. The Morgan fingerprint density at radius 1 is 1.38 bits per heavy atom. The number of methoxy groups -OCH3 is 1. The van der Waals surface area contributed by atoms with Crippen LogP contribution in [0.1, 0.15) is 18.9 Å². The van der Waals surface area contributed by atoms with Gasteiger partial charge in [-0.15, -0.1) is 0 Å². The lowest BCUT2D eigenvalue weighted by Crippen LogP contribution is -2.39. The van der Waals surface area contributed by atoms with Crippen molar-refractivity contribution < 1.29 is 19.1 Å².